The summed E-state index contributed by atoms with van der Waals surface area (Å²) in [6.45, 7) is 7.26. The zero-order valence-corrected chi connectivity index (χ0v) is 14.9. The molecule has 1 aliphatic heterocycles. The van der Waals surface area contributed by atoms with E-state index in [-0.39, 0.29) is 11.8 Å². The number of carbonyl (C=O) groups excluding carboxylic acids is 1. The second kappa shape index (κ2) is 8.15. The van der Waals surface area contributed by atoms with Gasteiger partial charge in [0.1, 0.15) is 5.82 Å². The second-order valence-electron chi connectivity index (χ2n) is 6.60. The van der Waals surface area contributed by atoms with E-state index in [0.717, 1.165) is 50.3 Å². The number of rotatable bonds is 6. The topological polar surface area (TPSA) is 88.8 Å². The number of carbonyl (C=O) groups is 1. The molecule has 134 valence electrons. The predicted octanol–water partition coefficient (Wildman–Crippen LogP) is 1.64. The van der Waals surface area contributed by atoms with Gasteiger partial charge in [-0.25, -0.2) is 9.67 Å². The number of hydrogen-bond acceptors (Lipinski definition) is 6. The van der Waals surface area contributed by atoms with E-state index in [4.69, 9.17) is 0 Å². The van der Waals surface area contributed by atoms with E-state index in [2.05, 4.69) is 37.6 Å². The van der Waals surface area contributed by atoms with Crippen molar-refractivity contribution in [3.05, 3.63) is 29.7 Å². The molecule has 25 heavy (non-hydrogen) atoms. The second-order valence-corrected chi connectivity index (χ2v) is 6.60. The van der Waals surface area contributed by atoms with Crippen LogP contribution in [0.4, 0.5) is 5.82 Å². The molecule has 1 atom stereocenters. The van der Waals surface area contributed by atoms with Gasteiger partial charge in [0.15, 0.2) is 5.82 Å². The van der Waals surface area contributed by atoms with E-state index in [1.54, 1.807) is 6.20 Å². The van der Waals surface area contributed by atoms with Gasteiger partial charge in [-0.2, -0.15) is 0 Å². The van der Waals surface area contributed by atoms with E-state index < -0.39 is 0 Å². The molecule has 0 spiro atoms. The van der Waals surface area contributed by atoms with Gasteiger partial charge in [-0.15, -0.1) is 5.10 Å². The van der Waals surface area contributed by atoms with Crippen molar-refractivity contribution in [2.45, 2.75) is 46.2 Å². The van der Waals surface area contributed by atoms with Crippen molar-refractivity contribution in [1.82, 2.24) is 30.1 Å². The zero-order chi connectivity index (χ0) is 17.6. The van der Waals surface area contributed by atoms with Crippen LogP contribution in [0.2, 0.25) is 0 Å². The number of anilines is 1. The average molecular weight is 343 g/mol. The summed E-state index contributed by atoms with van der Waals surface area (Å²) in [6.07, 6.45) is 4.64. The highest BCUT2D eigenvalue weighted by molar-refractivity contribution is 5.91. The third-order valence-corrected chi connectivity index (χ3v) is 4.45. The highest BCUT2D eigenvalue weighted by Gasteiger charge is 2.27. The van der Waals surface area contributed by atoms with Crippen LogP contribution in [-0.4, -0.2) is 49.1 Å². The van der Waals surface area contributed by atoms with Crippen molar-refractivity contribution in [2.75, 3.05) is 18.4 Å². The summed E-state index contributed by atoms with van der Waals surface area (Å²) in [5.41, 5.74) is 1.08. The fraction of sp³-hybridized carbons (Fsp3) is 0.588. The number of aryl methyl sites for hydroxylation is 2. The Balaban J connectivity index is 1.57. The number of likely N-dealkylation sites (tertiary alicyclic amines) is 1. The lowest BCUT2D eigenvalue weighted by Crippen LogP contribution is -2.40. The minimum Gasteiger partial charge on any atom is -0.310 e. The molecule has 0 bridgehead atoms. The SMILES string of the molecule is CCCn1nnnc1CN1CCC[C@@H](C(=O)Nc2ccc(C)cn2)C1. The Hall–Kier alpha value is -2.35. The summed E-state index contributed by atoms with van der Waals surface area (Å²) in [5.74, 6) is 1.48. The van der Waals surface area contributed by atoms with Crippen LogP contribution in [-0.2, 0) is 17.9 Å². The minimum atomic E-state index is -0.0349. The van der Waals surface area contributed by atoms with Crippen molar-refractivity contribution in [3.63, 3.8) is 0 Å². The van der Waals surface area contributed by atoms with E-state index in [1.807, 2.05) is 23.7 Å². The Labute approximate surface area is 147 Å². The van der Waals surface area contributed by atoms with Crippen LogP contribution in [0.3, 0.4) is 0 Å². The van der Waals surface area contributed by atoms with E-state index in [0.29, 0.717) is 12.4 Å². The number of nitrogens with one attached hydrogen (secondary N) is 1. The van der Waals surface area contributed by atoms with E-state index in [9.17, 15) is 4.79 Å². The lowest BCUT2D eigenvalue weighted by molar-refractivity contribution is -0.121. The van der Waals surface area contributed by atoms with Gasteiger partial charge in [-0.1, -0.05) is 13.0 Å². The molecule has 0 aliphatic carbocycles. The molecule has 3 heterocycles. The summed E-state index contributed by atoms with van der Waals surface area (Å²) >= 11 is 0. The van der Waals surface area contributed by atoms with Gasteiger partial charge in [0.25, 0.3) is 0 Å². The molecule has 0 saturated carbocycles. The van der Waals surface area contributed by atoms with Crippen molar-refractivity contribution >= 4 is 11.7 Å². The molecule has 2 aromatic rings. The quantitative estimate of drug-likeness (QED) is 0.858. The molecule has 1 fully saturated rings. The Morgan fingerprint density at radius 2 is 2.28 bits per heavy atom. The normalized spacial score (nSPS) is 18.2. The summed E-state index contributed by atoms with van der Waals surface area (Å²) in [7, 11) is 0. The summed E-state index contributed by atoms with van der Waals surface area (Å²) in [5, 5.41) is 14.9. The van der Waals surface area contributed by atoms with Crippen LogP contribution >= 0.6 is 0 Å². The summed E-state index contributed by atoms with van der Waals surface area (Å²) in [4.78, 5) is 19.1. The molecule has 0 radical (unpaired) electrons. The molecule has 8 nitrogen and oxygen atoms in total. The smallest absolute Gasteiger partial charge is 0.229 e. The molecule has 1 saturated heterocycles. The molecular formula is C17H25N7O. The van der Waals surface area contributed by atoms with Crippen molar-refractivity contribution < 1.29 is 4.79 Å². The van der Waals surface area contributed by atoms with E-state index in [1.165, 1.54) is 0 Å². The Morgan fingerprint density at radius 3 is 3.04 bits per heavy atom. The summed E-state index contributed by atoms with van der Waals surface area (Å²) in [6, 6.07) is 3.79. The number of hydrogen-bond donors (Lipinski definition) is 1. The Morgan fingerprint density at radius 1 is 1.40 bits per heavy atom. The highest BCUT2D eigenvalue weighted by atomic mass is 16.2. The number of piperidine rings is 1. The first kappa shape index (κ1) is 17.5. The number of aromatic nitrogens is 5. The molecule has 1 N–H and O–H groups in total. The van der Waals surface area contributed by atoms with Gasteiger partial charge < -0.3 is 5.32 Å². The molecule has 0 aromatic carbocycles. The van der Waals surface area contributed by atoms with Crippen LogP contribution < -0.4 is 5.32 Å². The van der Waals surface area contributed by atoms with Crippen molar-refractivity contribution in [1.29, 1.82) is 0 Å². The number of pyridine rings is 1. The van der Waals surface area contributed by atoms with Gasteiger partial charge in [-0.05, 0) is 54.8 Å². The monoisotopic (exact) mass is 343 g/mol. The van der Waals surface area contributed by atoms with Gasteiger partial charge in [0.2, 0.25) is 5.91 Å². The number of tetrazole rings is 1. The van der Waals surface area contributed by atoms with Crippen molar-refractivity contribution in [2.24, 2.45) is 5.92 Å². The number of nitrogens with zero attached hydrogens (tertiary/aromatic N) is 6. The fourth-order valence-corrected chi connectivity index (χ4v) is 3.11. The number of amides is 1. The minimum absolute atomic E-state index is 0.0349. The maximum absolute atomic E-state index is 12.5. The molecule has 2 aromatic heterocycles. The third kappa shape index (κ3) is 4.60. The zero-order valence-electron chi connectivity index (χ0n) is 14.9. The molecular weight excluding hydrogens is 318 g/mol. The third-order valence-electron chi connectivity index (χ3n) is 4.45. The van der Waals surface area contributed by atoms with Crippen LogP contribution in [0.1, 0.15) is 37.6 Å². The van der Waals surface area contributed by atoms with Gasteiger partial charge in [0, 0.05) is 19.3 Å². The lowest BCUT2D eigenvalue weighted by atomic mass is 9.97. The maximum Gasteiger partial charge on any atom is 0.229 e. The lowest BCUT2D eigenvalue weighted by Gasteiger charge is -2.31. The van der Waals surface area contributed by atoms with Crippen LogP contribution in [0.5, 0.6) is 0 Å². The van der Waals surface area contributed by atoms with Gasteiger partial charge in [-0.3, -0.25) is 9.69 Å². The van der Waals surface area contributed by atoms with E-state index >= 15 is 0 Å². The highest BCUT2D eigenvalue weighted by Crippen LogP contribution is 2.19. The largest absolute Gasteiger partial charge is 0.310 e. The molecule has 0 unspecified atom stereocenters. The first-order chi connectivity index (χ1) is 12.2. The summed E-state index contributed by atoms with van der Waals surface area (Å²) < 4.78 is 1.85. The average Bonchev–Trinajstić information content (AvgIpc) is 3.04. The standard InChI is InChI=1S/C17H25N7O/c1-3-8-24-16(20-21-22-24)12-23-9-4-5-14(11-23)17(25)19-15-7-6-13(2)10-18-15/h6-7,10,14H,3-5,8-9,11-12H2,1-2H3,(H,18,19,25)/t14-/m1/s1. The predicted molar refractivity (Wildman–Crippen MR) is 93.7 cm³/mol. The molecule has 3 rings (SSSR count). The first-order valence-electron chi connectivity index (χ1n) is 8.86. The first-order valence-corrected chi connectivity index (χ1v) is 8.86. The Kier molecular flexibility index (Phi) is 5.70. The van der Waals surface area contributed by atoms with Crippen LogP contribution in [0.25, 0.3) is 0 Å². The molecule has 1 amide bonds. The molecule has 8 heteroatoms. The van der Waals surface area contributed by atoms with Crippen LogP contribution in [0.15, 0.2) is 18.3 Å². The molecule has 1 aliphatic rings. The van der Waals surface area contributed by atoms with Gasteiger partial charge in [0.05, 0.1) is 12.5 Å². The van der Waals surface area contributed by atoms with Crippen molar-refractivity contribution in [3.8, 4) is 0 Å². The maximum atomic E-state index is 12.5. The fourth-order valence-electron chi connectivity index (χ4n) is 3.11. The van der Waals surface area contributed by atoms with Gasteiger partial charge >= 0.3 is 0 Å². The van der Waals surface area contributed by atoms with Crippen LogP contribution in [0, 0.1) is 12.8 Å². The Bertz CT molecular complexity index is 697.